The molecule has 0 fully saturated rings. The van der Waals surface area contributed by atoms with Crippen molar-refractivity contribution in [1.82, 2.24) is 10.2 Å². The molecule has 2 amide bonds. The molecule has 35 heavy (non-hydrogen) atoms. The van der Waals surface area contributed by atoms with Gasteiger partial charge in [-0.2, -0.15) is 0 Å². The summed E-state index contributed by atoms with van der Waals surface area (Å²) in [5.74, 6) is -0.712. The lowest BCUT2D eigenvalue weighted by atomic mass is 10.1. The molecule has 9 heteroatoms. The number of anilines is 1. The fourth-order valence-electron chi connectivity index (χ4n) is 3.83. The van der Waals surface area contributed by atoms with E-state index in [1.165, 1.54) is 4.90 Å². The largest absolute Gasteiger partial charge is 0.352 e. The van der Waals surface area contributed by atoms with Crippen LogP contribution in [0.2, 0.25) is 5.02 Å². The van der Waals surface area contributed by atoms with Crippen LogP contribution in [0, 0.1) is 13.8 Å². The molecule has 0 saturated heterocycles. The second-order valence-corrected chi connectivity index (χ2v) is 11.2. The minimum Gasteiger partial charge on any atom is -0.352 e. The van der Waals surface area contributed by atoms with Crippen molar-refractivity contribution >= 4 is 39.1 Å². The molecule has 0 aliphatic rings. The summed E-state index contributed by atoms with van der Waals surface area (Å²) in [6.07, 6.45) is 2.21. The number of carbonyl (C=O) groups excluding carboxylic acids is 2. The van der Waals surface area contributed by atoms with Crippen molar-refractivity contribution < 1.29 is 18.0 Å². The molecule has 0 aliphatic heterocycles. The van der Waals surface area contributed by atoms with Gasteiger partial charge in [0.25, 0.3) is 0 Å². The predicted molar refractivity (Wildman–Crippen MR) is 142 cm³/mol. The van der Waals surface area contributed by atoms with Gasteiger partial charge in [-0.3, -0.25) is 13.9 Å². The average molecular weight is 522 g/mol. The first-order valence-corrected chi connectivity index (χ1v) is 14.0. The van der Waals surface area contributed by atoms with Crippen molar-refractivity contribution in [1.29, 1.82) is 0 Å². The van der Waals surface area contributed by atoms with Crippen molar-refractivity contribution in [3.8, 4) is 0 Å². The summed E-state index contributed by atoms with van der Waals surface area (Å²) in [7, 11) is -3.80. The molecule has 0 radical (unpaired) electrons. The van der Waals surface area contributed by atoms with E-state index in [9.17, 15) is 18.0 Å². The minimum absolute atomic E-state index is 0.0452. The number of hydrogen-bond acceptors (Lipinski definition) is 4. The Morgan fingerprint density at radius 1 is 1.03 bits per heavy atom. The number of sulfonamides is 1. The van der Waals surface area contributed by atoms with Crippen LogP contribution in [-0.2, 0) is 26.2 Å². The fourth-order valence-corrected chi connectivity index (χ4v) is 4.96. The Hall–Kier alpha value is -2.58. The molecule has 0 aromatic heterocycles. The third-order valence-electron chi connectivity index (χ3n) is 6.10. The highest BCUT2D eigenvalue weighted by Gasteiger charge is 2.32. The smallest absolute Gasteiger partial charge is 0.244 e. The highest BCUT2D eigenvalue weighted by Crippen LogP contribution is 2.26. The van der Waals surface area contributed by atoms with Gasteiger partial charge in [0.2, 0.25) is 21.8 Å². The first-order chi connectivity index (χ1) is 16.4. The van der Waals surface area contributed by atoms with Gasteiger partial charge < -0.3 is 10.2 Å². The maximum atomic E-state index is 13.7. The normalized spacial score (nSPS) is 13.1. The average Bonchev–Trinajstić information content (AvgIpc) is 2.78. The van der Waals surface area contributed by atoms with Gasteiger partial charge in [-0.15, -0.1) is 0 Å². The van der Waals surface area contributed by atoms with Gasteiger partial charge in [0, 0.05) is 17.6 Å². The van der Waals surface area contributed by atoms with Gasteiger partial charge in [0.15, 0.2) is 0 Å². The molecule has 0 heterocycles. The molecule has 0 unspecified atom stereocenters. The van der Waals surface area contributed by atoms with E-state index in [2.05, 4.69) is 5.32 Å². The van der Waals surface area contributed by atoms with Crippen LogP contribution in [0.5, 0.6) is 0 Å². The van der Waals surface area contributed by atoms with Gasteiger partial charge in [-0.25, -0.2) is 8.42 Å². The van der Waals surface area contributed by atoms with Crippen LogP contribution in [0.15, 0.2) is 42.5 Å². The first-order valence-electron chi connectivity index (χ1n) is 11.8. The number of rotatable bonds is 11. The van der Waals surface area contributed by atoms with Crippen LogP contribution < -0.4 is 9.62 Å². The maximum absolute atomic E-state index is 13.7. The molecule has 0 bridgehead atoms. The molecule has 2 aromatic carbocycles. The summed E-state index contributed by atoms with van der Waals surface area (Å²) < 4.78 is 26.6. The molecule has 2 aromatic rings. The predicted octanol–water partition coefficient (Wildman–Crippen LogP) is 4.44. The summed E-state index contributed by atoms with van der Waals surface area (Å²) in [5, 5.41) is 3.44. The van der Waals surface area contributed by atoms with Crippen LogP contribution in [0.3, 0.4) is 0 Å². The Labute approximate surface area is 214 Å². The molecular formula is C26H36ClN3O4S. The monoisotopic (exact) mass is 521 g/mol. The summed E-state index contributed by atoms with van der Waals surface area (Å²) in [6, 6.07) is 11.7. The Balaban J connectivity index is 2.49. The van der Waals surface area contributed by atoms with E-state index >= 15 is 0 Å². The number of amides is 2. The molecule has 1 N–H and O–H groups in total. The van der Waals surface area contributed by atoms with Crippen molar-refractivity contribution in [3.05, 3.63) is 64.2 Å². The molecule has 0 aliphatic carbocycles. The summed E-state index contributed by atoms with van der Waals surface area (Å²) >= 11 is 6.06. The van der Waals surface area contributed by atoms with E-state index in [1.807, 2.05) is 52.0 Å². The third kappa shape index (κ3) is 7.70. The lowest BCUT2D eigenvalue weighted by Gasteiger charge is -2.34. The molecule has 0 spiro atoms. The lowest BCUT2D eigenvalue weighted by Crippen LogP contribution is -2.53. The number of nitrogens with one attached hydrogen (secondary N) is 1. The van der Waals surface area contributed by atoms with Crippen LogP contribution in [0.1, 0.15) is 50.3 Å². The molecule has 2 rings (SSSR count). The summed E-state index contributed by atoms with van der Waals surface area (Å²) in [6.45, 7) is 9.17. The van der Waals surface area contributed by atoms with Crippen LogP contribution in [0.4, 0.5) is 5.69 Å². The zero-order chi connectivity index (χ0) is 26.3. The Kier molecular flexibility index (Phi) is 10.2. The molecule has 2 atom stereocenters. The maximum Gasteiger partial charge on any atom is 0.244 e. The van der Waals surface area contributed by atoms with Crippen molar-refractivity contribution in [2.45, 2.75) is 66.1 Å². The Morgan fingerprint density at radius 2 is 1.69 bits per heavy atom. The molecular weight excluding hydrogens is 486 g/mol. The number of hydrogen-bond donors (Lipinski definition) is 1. The number of aryl methyl sites for hydroxylation is 2. The van der Waals surface area contributed by atoms with Gasteiger partial charge >= 0.3 is 0 Å². The van der Waals surface area contributed by atoms with Crippen LogP contribution >= 0.6 is 11.6 Å². The van der Waals surface area contributed by atoms with Crippen LogP contribution in [-0.4, -0.2) is 50.0 Å². The molecule has 192 valence electrons. The number of benzene rings is 2. The number of halogens is 1. The zero-order valence-electron chi connectivity index (χ0n) is 21.3. The molecule has 7 nitrogen and oxygen atoms in total. The highest BCUT2D eigenvalue weighted by atomic mass is 35.5. The lowest BCUT2D eigenvalue weighted by molar-refractivity contribution is -0.140. The zero-order valence-corrected chi connectivity index (χ0v) is 22.9. The summed E-state index contributed by atoms with van der Waals surface area (Å²) in [5.41, 5.74) is 2.88. The number of carbonyl (C=O) groups is 2. The van der Waals surface area contributed by atoms with Crippen molar-refractivity contribution in [2.24, 2.45) is 0 Å². The van der Waals surface area contributed by atoms with Crippen molar-refractivity contribution in [2.75, 3.05) is 17.1 Å². The van der Waals surface area contributed by atoms with E-state index in [0.717, 1.165) is 28.1 Å². The SMILES string of the molecule is CC[C@H](C)NC(=O)[C@H](CC)N(Cc1ccccc1C)C(=O)CN(c1ccc(Cl)cc1C)S(C)(=O)=O. The van der Waals surface area contributed by atoms with E-state index in [4.69, 9.17) is 11.6 Å². The number of nitrogens with zero attached hydrogens (tertiary/aromatic N) is 2. The van der Waals surface area contributed by atoms with Gasteiger partial charge in [-0.05, 0) is 68.5 Å². The summed E-state index contributed by atoms with van der Waals surface area (Å²) in [4.78, 5) is 28.4. The third-order valence-corrected chi connectivity index (χ3v) is 7.46. The quantitative estimate of drug-likeness (QED) is 0.473. The van der Waals surface area contributed by atoms with E-state index in [-0.39, 0.29) is 18.5 Å². The van der Waals surface area contributed by atoms with Crippen LogP contribution in [0.25, 0.3) is 0 Å². The second kappa shape index (κ2) is 12.4. The van der Waals surface area contributed by atoms with Gasteiger partial charge in [-0.1, -0.05) is 49.7 Å². The van der Waals surface area contributed by atoms with Gasteiger partial charge in [0.1, 0.15) is 12.6 Å². The fraction of sp³-hybridized carbons (Fsp3) is 0.462. The van der Waals surface area contributed by atoms with E-state index < -0.39 is 28.5 Å². The first kappa shape index (κ1) is 28.7. The van der Waals surface area contributed by atoms with Crippen molar-refractivity contribution in [3.63, 3.8) is 0 Å². The minimum atomic E-state index is -3.80. The second-order valence-electron chi connectivity index (χ2n) is 8.89. The molecule has 0 saturated carbocycles. The van der Waals surface area contributed by atoms with E-state index in [0.29, 0.717) is 22.7 Å². The van der Waals surface area contributed by atoms with E-state index in [1.54, 1.807) is 25.1 Å². The van der Waals surface area contributed by atoms with Gasteiger partial charge in [0.05, 0.1) is 11.9 Å². The highest BCUT2D eigenvalue weighted by molar-refractivity contribution is 7.92. The Morgan fingerprint density at radius 3 is 2.23 bits per heavy atom. The topological polar surface area (TPSA) is 86.8 Å². The standard InChI is InChI=1S/C26H36ClN3O4S/c1-7-20(5)28-26(32)23(8-2)29(16-21-12-10-9-11-18(21)3)25(31)17-30(35(6,33)34)24-14-13-22(27)15-19(24)4/h9-15,20,23H,7-8,16-17H2,1-6H3,(H,28,32)/t20-,23-/m0/s1. The Bertz CT molecular complexity index is 1150.